The Hall–Kier alpha value is -1.06. The van der Waals surface area contributed by atoms with Crippen molar-refractivity contribution in [1.29, 1.82) is 0 Å². The van der Waals surface area contributed by atoms with Crippen LogP contribution in [0.4, 0.5) is 0 Å². The topological polar surface area (TPSA) is 30.5 Å². The van der Waals surface area contributed by atoms with Crippen molar-refractivity contribution in [2.45, 2.75) is 64.9 Å². The molecule has 1 fully saturated rings. The van der Waals surface area contributed by atoms with Crippen molar-refractivity contribution >= 4 is 0 Å². The largest absolute Gasteiger partial charge is 0.487 e. The van der Waals surface area contributed by atoms with Crippen LogP contribution in [0.15, 0.2) is 24.3 Å². The molecule has 1 aliphatic heterocycles. The van der Waals surface area contributed by atoms with Crippen molar-refractivity contribution in [1.82, 2.24) is 5.32 Å². The van der Waals surface area contributed by atoms with Crippen molar-refractivity contribution in [3.8, 4) is 5.75 Å². The van der Waals surface area contributed by atoms with Crippen LogP contribution in [0.3, 0.4) is 0 Å². The summed E-state index contributed by atoms with van der Waals surface area (Å²) in [5, 5.41) is 3.33. The summed E-state index contributed by atoms with van der Waals surface area (Å²) in [5.74, 6) is 0.930. The van der Waals surface area contributed by atoms with Crippen molar-refractivity contribution in [3.63, 3.8) is 0 Å². The molecular weight excluding hydrogens is 250 g/mol. The molecule has 112 valence electrons. The normalized spacial score (nSPS) is 23.8. The van der Waals surface area contributed by atoms with Gasteiger partial charge in [0.15, 0.2) is 0 Å². The van der Waals surface area contributed by atoms with Gasteiger partial charge in [-0.25, -0.2) is 0 Å². The highest BCUT2D eigenvalue weighted by atomic mass is 16.6. The molecule has 1 unspecified atom stereocenters. The highest BCUT2D eigenvalue weighted by Gasteiger charge is 2.47. The molecule has 1 saturated heterocycles. The molecular formula is C17H27NO2. The molecule has 1 aliphatic rings. The minimum atomic E-state index is -0.249. The SMILES string of the molecule is CCNCc1cccc(OC2CC(C)(C)OC2(C)C)c1. The zero-order valence-electron chi connectivity index (χ0n) is 13.3. The second-order valence-corrected chi connectivity index (χ2v) is 6.70. The fourth-order valence-corrected chi connectivity index (χ4v) is 2.86. The van der Waals surface area contributed by atoms with Crippen molar-refractivity contribution in [3.05, 3.63) is 29.8 Å². The van der Waals surface area contributed by atoms with Gasteiger partial charge in [-0.1, -0.05) is 19.1 Å². The van der Waals surface area contributed by atoms with Gasteiger partial charge in [0.05, 0.1) is 5.60 Å². The van der Waals surface area contributed by atoms with Crippen LogP contribution in [-0.2, 0) is 11.3 Å². The zero-order chi connectivity index (χ0) is 14.8. The summed E-state index contributed by atoms with van der Waals surface area (Å²) in [6.07, 6.45) is 1.00. The summed E-state index contributed by atoms with van der Waals surface area (Å²) in [6, 6.07) is 8.31. The summed E-state index contributed by atoms with van der Waals surface area (Å²) in [5.41, 5.74) is 0.886. The Bertz CT molecular complexity index is 454. The number of ether oxygens (including phenoxy) is 2. The molecule has 0 aromatic heterocycles. The maximum atomic E-state index is 6.19. The van der Waals surface area contributed by atoms with Crippen LogP contribution in [-0.4, -0.2) is 23.9 Å². The molecule has 1 atom stereocenters. The highest BCUT2D eigenvalue weighted by Crippen LogP contribution is 2.39. The molecule has 20 heavy (non-hydrogen) atoms. The lowest BCUT2D eigenvalue weighted by atomic mass is 9.97. The third kappa shape index (κ3) is 3.74. The first kappa shape index (κ1) is 15.3. The third-order valence-electron chi connectivity index (χ3n) is 3.75. The molecule has 3 heteroatoms. The number of nitrogens with one attached hydrogen (secondary N) is 1. The Morgan fingerprint density at radius 2 is 2.05 bits per heavy atom. The average Bonchev–Trinajstić information content (AvgIpc) is 2.55. The van der Waals surface area contributed by atoms with E-state index >= 15 is 0 Å². The van der Waals surface area contributed by atoms with E-state index in [1.54, 1.807) is 0 Å². The van der Waals surface area contributed by atoms with Crippen molar-refractivity contribution in [2.24, 2.45) is 0 Å². The second kappa shape index (κ2) is 5.74. The Labute approximate surface area is 122 Å². The number of benzene rings is 1. The summed E-state index contributed by atoms with van der Waals surface area (Å²) < 4.78 is 12.3. The van der Waals surface area contributed by atoms with Crippen LogP contribution >= 0.6 is 0 Å². The van der Waals surface area contributed by atoms with E-state index < -0.39 is 0 Å². The van der Waals surface area contributed by atoms with E-state index in [2.05, 4.69) is 58.1 Å². The lowest BCUT2D eigenvalue weighted by molar-refractivity contribution is -0.0846. The Balaban J connectivity index is 2.06. The van der Waals surface area contributed by atoms with Gasteiger partial charge < -0.3 is 14.8 Å². The fourth-order valence-electron chi connectivity index (χ4n) is 2.86. The van der Waals surface area contributed by atoms with E-state index in [1.165, 1.54) is 5.56 Å². The Kier molecular flexibility index (Phi) is 4.40. The monoisotopic (exact) mass is 277 g/mol. The van der Waals surface area contributed by atoms with Gasteiger partial charge in [-0.05, 0) is 51.9 Å². The van der Waals surface area contributed by atoms with Gasteiger partial charge in [0.2, 0.25) is 0 Å². The third-order valence-corrected chi connectivity index (χ3v) is 3.75. The number of hydrogen-bond acceptors (Lipinski definition) is 3. The van der Waals surface area contributed by atoms with Gasteiger partial charge in [-0.2, -0.15) is 0 Å². The van der Waals surface area contributed by atoms with E-state index in [0.29, 0.717) is 0 Å². The van der Waals surface area contributed by atoms with Crippen LogP contribution in [0.5, 0.6) is 5.75 Å². The first-order valence-electron chi connectivity index (χ1n) is 7.49. The first-order chi connectivity index (χ1) is 9.32. The molecule has 1 N–H and O–H groups in total. The molecule has 3 nitrogen and oxygen atoms in total. The molecule has 2 rings (SSSR count). The molecule has 0 bridgehead atoms. The lowest BCUT2D eigenvalue weighted by Crippen LogP contribution is -2.36. The molecule has 0 radical (unpaired) electrons. The van der Waals surface area contributed by atoms with Gasteiger partial charge in [0, 0.05) is 13.0 Å². The maximum absolute atomic E-state index is 6.19. The van der Waals surface area contributed by atoms with Gasteiger partial charge in [-0.15, -0.1) is 0 Å². The van der Waals surface area contributed by atoms with Crippen molar-refractivity contribution in [2.75, 3.05) is 6.54 Å². The minimum Gasteiger partial charge on any atom is -0.487 e. The summed E-state index contributed by atoms with van der Waals surface area (Å²) in [4.78, 5) is 0. The van der Waals surface area contributed by atoms with E-state index in [4.69, 9.17) is 9.47 Å². The first-order valence-corrected chi connectivity index (χ1v) is 7.49. The molecule has 0 saturated carbocycles. The second-order valence-electron chi connectivity index (χ2n) is 6.70. The van der Waals surface area contributed by atoms with Crippen LogP contribution in [0.25, 0.3) is 0 Å². The van der Waals surface area contributed by atoms with E-state index in [-0.39, 0.29) is 17.3 Å². The van der Waals surface area contributed by atoms with Crippen LogP contribution in [0, 0.1) is 0 Å². The number of hydrogen-bond donors (Lipinski definition) is 1. The van der Waals surface area contributed by atoms with Crippen LogP contribution < -0.4 is 10.1 Å². The van der Waals surface area contributed by atoms with E-state index in [9.17, 15) is 0 Å². The summed E-state index contributed by atoms with van der Waals surface area (Å²) in [6.45, 7) is 12.4. The standard InChI is InChI=1S/C17H27NO2/c1-6-18-12-13-8-7-9-14(10-13)19-15-11-16(2,3)20-17(15,4)5/h7-10,15,18H,6,11-12H2,1-5H3. The fraction of sp³-hybridized carbons (Fsp3) is 0.647. The molecule has 0 spiro atoms. The van der Waals surface area contributed by atoms with E-state index in [0.717, 1.165) is 25.3 Å². The van der Waals surface area contributed by atoms with E-state index in [1.807, 2.05) is 6.07 Å². The maximum Gasteiger partial charge on any atom is 0.130 e. The average molecular weight is 277 g/mol. The quantitative estimate of drug-likeness (QED) is 0.893. The predicted molar refractivity (Wildman–Crippen MR) is 82.1 cm³/mol. The van der Waals surface area contributed by atoms with Crippen LogP contribution in [0.1, 0.15) is 46.6 Å². The summed E-state index contributed by atoms with van der Waals surface area (Å²) in [7, 11) is 0. The molecule has 0 aliphatic carbocycles. The van der Waals surface area contributed by atoms with Crippen molar-refractivity contribution < 1.29 is 9.47 Å². The lowest BCUT2D eigenvalue weighted by Gasteiger charge is -2.27. The zero-order valence-corrected chi connectivity index (χ0v) is 13.3. The van der Waals surface area contributed by atoms with Gasteiger partial charge in [0.25, 0.3) is 0 Å². The highest BCUT2D eigenvalue weighted by molar-refractivity contribution is 5.29. The molecule has 1 heterocycles. The predicted octanol–water partition coefficient (Wildman–Crippen LogP) is 3.52. The minimum absolute atomic E-state index is 0.0897. The number of rotatable bonds is 5. The van der Waals surface area contributed by atoms with Gasteiger partial charge in [-0.3, -0.25) is 0 Å². The Morgan fingerprint density at radius 3 is 2.65 bits per heavy atom. The smallest absolute Gasteiger partial charge is 0.130 e. The Morgan fingerprint density at radius 1 is 1.30 bits per heavy atom. The summed E-state index contributed by atoms with van der Waals surface area (Å²) >= 11 is 0. The van der Waals surface area contributed by atoms with Gasteiger partial charge >= 0.3 is 0 Å². The molecule has 0 amide bonds. The molecule has 1 aromatic rings. The molecule has 1 aromatic carbocycles. The van der Waals surface area contributed by atoms with Gasteiger partial charge in [0.1, 0.15) is 17.5 Å². The van der Waals surface area contributed by atoms with Crippen LogP contribution in [0.2, 0.25) is 0 Å².